The van der Waals surface area contributed by atoms with Crippen LogP contribution in [0.5, 0.6) is 0 Å². The van der Waals surface area contributed by atoms with E-state index in [2.05, 4.69) is 15.6 Å². The van der Waals surface area contributed by atoms with Gasteiger partial charge in [0, 0.05) is 30.2 Å². The Balaban J connectivity index is 1.24. The first-order chi connectivity index (χ1) is 16.1. The summed E-state index contributed by atoms with van der Waals surface area (Å²) < 4.78 is 0. The Morgan fingerprint density at radius 2 is 1.61 bits per heavy atom. The van der Waals surface area contributed by atoms with Crippen molar-refractivity contribution in [3.05, 3.63) is 59.9 Å². The second kappa shape index (κ2) is 11.4. The fourth-order valence-corrected chi connectivity index (χ4v) is 5.38. The maximum Gasteiger partial charge on any atom is 0.257 e. The van der Waals surface area contributed by atoms with Gasteiger partial charge < -0.3 is 16.4 Å². The Morgan fingerprint density at radius 3 is 2.30 bits per heavy atom. The summed E-state index contributed by atoms with van der Waals surface area (Å²) in [5.74, 6) is 1.43. The summed E-state index contributed by atoms with van der Waals surface area (Å²) in [4.78, 5) is 29.3. The van der Waals surface area contributed by atoms with Crippen molar-refractivity contribution in [2.75, 3.05) is 5.32 Å². The lowest BCUT2D eigenvalue weighted by molar-refractivity contribution is -0.121. The van der Waals surface area contributed by atoms with Crippen LogP contribution in [0.25, 0.3) is 0 Å². The molecular weight excluding hydrogens is 412 g/mol. The predicted octanol–water partition coefficient (Wildman–Crippen LogP) is 4.46. The first-order valence-corrected chi connectivity index (χ1v) is 12.4. The summed E-state index contributed by atoms with van der Waals surface area (Å²) in [7, 11) is 0. The average Bonchev–Trinajstić information content (AvgIpc) is 2.83. The molecule has 33 heavy (non-hydrogen) atoms. The van der Waals surface area contributed by atoms with E-state index in [9.17, 15) is 9.59 Å². The largest absolute Gasteiger partial charge is 0.353 e. The van der Waals surface area contributed by atoms with E-state index in [4.69, 9.17) is 5.73 Å². The van der Waals surface area contributed by atoms with Gasteiger partial charge in [-0.3, -0.25) is 14.6 Å². The third-order valence-electron chi connectivity index (χ3n) is 7.31. The highest BCUT2D eigenvalue weighted by molar-refractivity contribution is 6.04. The summed E-state index contributed by atoms with van der Waals surface area (Å²) in [6, 6.07) is 11.6. The monoisotopic (exact) mass is 448 g/mol. The Morgan fingerprint density at radius 1 is 0.909 bits per heavy atom. The van der Waals surface area contributed by atoms with Gasteiger partial charge in [-0.1, -0.05) is 18.2 Å². The van der Waals surface area contributed by atoms with Crippen LogP contribution in [0, 0.1) is 11.8 Å². The summed E-state index contributed by atoms with van der Waals surface area (Å²) in [5, 5.41) is 6.15. The summed E-state index contributed by atoms with van der Waals surface area (Å²) in [5.41, 5.74) is 8.02. The molecule has 0 radical (unpaired) electrons. The first kappa shape index (κ1) is 23.4. The molecule has 0 aliphatic heterocycles. The Hall–Kier alpha value is -2.73. The van der Waals surface area contributed by atoms with Gasteiger partial charge in [0.2, 0.25) is 5.91 Å². The van der Waals surface area contributed by atoms with Crippen LogP contribution < -0.4 is 16.4 Å². The number of nitrogens with zero attached hydrogens (tertiary/aromatic N) is 1. The molecule has 0 unspecified atom stereocenters. The molecule has 2 aliphatic carbocycles. The van der Waals surface area contributed by atoms with E-state index in [0.29, 0.717) is 17.3 Å². The number of anilines is 1. The molecule has 6 nitrogen and oxygen atoms in total. The minimum absolute atomic E-state index is 0.0165. The number of benzene rings is 1. The van der Waals surface area contributed by atoms with E-state index in [1.807, 2.05) is 24.3 Å². The number of aromatic nitrogens is 1. The highest BCUT2D eigenvalue weighted by Gasteiger charge is 2.27. The van der Waals surface area contributed by atoms with Crippen molar-refractivity contribution in [3.63, 3.8) is 0 Å². The molecule has 1 aromatic carbocycles. The lowest BCUT2D eigenvalue weighted by atomic mass is 9.76. The zero-order valence-corrected chi connectivity index (χ0v) is 19.3. The highest BCUT2D eigenvalue weighted by atomic mass is 16.2. The van der Waals surface area contributed by atoms with Crippen LogP contribution in [0.1, 0.15) is 73.7 Å². The third-order valence-corrected chi connectivity index (χ3v) is 7.31. The predicted molar refractivity (Wildman–Crippen MR) is 131 cm³/mol. The van der Waals surface area contributed by atoms with Gasteiger partial charge in [-0.05, 0) is 93.4 Å². The minimum atomic E-state index is -0.228. The van der Waals surface area contributed by atoms with E-state index >= 15 is 0 Å². The van der Waals surface area contributed by atoms with Gasteiger partial charge in [0.1, 0.15) is 0 Å². The molecule has 0 atom stereocenters. The molecular formula is C27H36N4O2. The van der Waals surface area contributed by atoms with Crippen molar-refractivity contribution >= 4 is 17.5 Å². The number of carbonyl (C=O) groups is 2. The molecule has 6 heteroatoms. The highest BCUT2D eigenvalue weighted by Crippen LogP contribution is 2.35. The molecule has 0 bridgehead atoms. The van der Waals surface area contributed by atoms with Gasteiger partial charge in [0.15, 0.2) is 0 Å². The lowest BCUT2D eigenvalue weighted by Gasteiger charge is -2.33. The van der Waals surface area contributed by atoms with Crippen LogP contribution in [-0.2, 0) is 11.2 Å². The molecule has 1 heterocycles. The SMILES string of the molecule is NC1CCC(CC2CCC(NC(=O)Cc3ccccc3NC(=O)c3cccnc3)CC2)CC1. The van der Waals surface area contributed by atoms with Gasteiger partial charge in [0.05, 0.1) is 12.0 Å². The van der Waals surface area contributed by atoms with E-state index < -0.39 is 0 Å². The van der Waals surface area contributed by atoms with Gasteiger partial charge in [-0.25, -0.2) is 0 Å². The molecule has 4 rings (SSSR count). The van der Waals surface area contributed by atoms with E-state index in [0.717, 1.165) is 30.2 Å². The molecule has 4 N–H and O–H groups in total. The van der Waals surface area contributed by atoms with E-state index in [1.165, 1.54) is 51.1 Å². The summed E-state index contributed by atoms with van der Waals surface area (Å²) in [6.45, 7) is 0. The van der Waals surface area contributed by atoms with Crippen molar-refractivity contribution in [2.24, 2.45) is 17.6 Å². The fourth-order valence-electron chi connectivity index (χ4n) is 5.38. The number of nitrogens with two attached hydrogens (primary N) is 1. The number of hydrogen-bond donors (Lipinski definition) is 3. The summed E-state index contributed by atoms with van der Waals surface area (Å²) >= 11 is 0. The van der Waals surface area contributed by atoms with Gasteiger partial charge in [-0.15, -0.1) is 0 Å². The molecule has 2 fully saturated rings. The van der Waals surface area contributed by atoms with Crippen molar-refractivity contribution in [1.82, 2.24) is 10.3 Å². The average molecular weight is 449 g/mol. The second-order valence-corrected chi connectivity index (χ2v) is 9.83. The van der Waals surface area contributed by atoms with Gasteiger partial charge in [-0.2, -0.15) is 0 Å². The number of hydrogen-bond acceptors (Lipinski definition) is 4. The van der Waals surface area contributed by atoms with Crippen LogP contribution >= 0.6 is 0 Å². The Bertz CT molecular complexity index is 917. The second-order valence-electron chi connectivity index (χ2n) is 9.83. The zero-order chi connectivity index (χ0) is 23.0. The van der Waals surface area contributed by atoms with Crippen LogP contribution in [0.15, 0.2) is 48.8 Å². The van der Waals surface area contributed by atoms with Crippen LogP contribution in [0.3, 0.4) is 0 Å². The van der Waals surface area contributed by atoms with Crippen molar-refractivity contribution < 1.29 is 9.59 Å². The maximum absolute atomic E-state index is 12.8. The standard InChI is InChI=1S/C27H36N4O2/c28-23-11-7-19(8-12-23)16-20-9-13-24(14-10-20)30-26(32)17-21-4-1-2-6-25(21)31-27(33)22-5-3-15-29-18-22/h1-6,15,18-20,23-24H,7-14,16-17,28H2,(H,30,32)(H,31,33). The number of pyridine rings is 1. The van der Waals surface area contributed by atoms with Crippen molar-refractivity contribution in [3.8, 4) is 0 Å². The first-order valence-electron chi connectivity index (χ1n) is 12.4. The van der Waals surface area contributed by atoms with E-state index in [-0.39, 0.29) is 24.3 Å². The molecule has 1 aromatic heterocycles. The molecule has 0 saturated heterocycles. The maximum atomic E-state index is 12.8. The van der Waals surface area contributed by atoms with Crippen LogP contribution in [0.4, 0.5) is 5.69 Å². The molecule has 0 spiro atoms. The van der Waals surface area contributed by atoms with E-state index in [1.54, 1.807) is 18.3 Å². The van der Waals surface area contributed by atoms with Crippen LogP contribution in [-0.4, -0.2) is 28.9 Å². The lowest BCUT2D eigenvalue weighted by Crippen LogP contribution is -2.39. The Labute approximate surface area is 196 Å². The van der Waals surface area contributed by atoms with Crippen LogP contribution in [0.2, 0.25) is 0 Å². The number of nitrogens with one attached hydrogen (secondary N) is 2. The smallest absolute Gasteiger partial charge is 0.257 e. The molecule has 2 amide bonds. The minimum Gasteiger partial charge on any atom is -0.353 e. The Kier molecular flexibility index (Phi) is 8.10. The molecule has 2 aromatic rings. The number of amides is 2. The summed E-state index contributed by atoms with van der Waals surface area (Å²) in [6.07, 6.45) is 14.2. The molecule has 176 valence electrons. The molecule has 2 saturated carbocycles. The van der Waals surface area contributed by atoms with Gasteiger partial charge in [0.25, 0.3) is 5.91 Å². The zero-order valence-electron chi connectivity index (χ0n) is 19.3. The number of rotatable bonds is 7. The topological polar surface area (TPSA) is 97.1 Å². The fraction of sp³-hybridized carbons (Fsp3) is 0.519. The van der Waals surface area contributed by atoms with Crippen molar-refractivity contribution in [1.29, 1.82) is 0 Å². The third kappa shape index (κ3) is 6.87. The quantitative estimate of drug-likeness (QED) is 0.583. The number of carbonyl (C=O) groups excluding carboxylic acids is 2. The molecule has 2 aliphatic rings. The normalized spacial score (nSPS) is 25.2. The van der Waals surface area contributed by atoms with Crippen molar-refractivity contribution in [2.45, 2.75) is 76.3 Å². The number of para-hydroxylation sites is 1. The van der Waals surface area contributed by atoms with Gasteiger partial charge >= 0.3 is 0 Å².